The van der Waals surface area contributed by atoms with Gasteiger partial charge in [-0.2, -0.15) is 0 Å². The lowest BCUT2D eigenvalue weighted by molar-refractivity contribution is -0.264. The first-order chi connectivity index (χ1) is 23.0. The number of phosphoric ester groups is 1. The third-order valence-electron chi connectivity index (χ3n) is 12.5. The molecule has 8 unspecified atom stereocenters. The van der Waals surface area contributed by atoms with Crippen molar-refractivity contribution in [2.45, 2.75) is 167 Å². The summed E-state index contributed by atoms with van der Waals surface area (Å²) in [5.74, 6) is 7.95. The summed E-state index contributed by atoms with van der Waals surface area (Å²) in [5, 5.41) is 0. The Morgan fingerprint density at radius 2 is 1.17 bits per heavy atom. The molecule has 0 aromatic carbocycles. The number of hydrogen-bond acceptors (Lipinski definition) is 6. The Labute approximate surface area is 289 Å². The maximum Gasteiger partial charge on any atom is 0.472 e. The second kappa shape index (κ2) is 22.7. The Bertz CT molecular complexity index is 855. The molecule has 0 amide bonds. The topological polar surface area (TPSA) is 100 Å². The fourth-order valence-corrected chi connectivity index (χ4v) is 10.5. The molecule has 0 heterocycles. The molecule has 9 atom stereocenters. The normalized spacial score (nSPS) is 29.5. The zero-order valence-electron chi connectivity index (χ0n) is 30.3. The van der Waals surface area contributed by atoms with Crippen molar-refractivity contribution in [3.05, 3.63) is 0 Å². The number of phosphoric acid groups is 1. The molecule has 4 aliphatic rings. The van der Waals surface area contributed by atoms with E-state index < -0.39 is 7.82 Å². The first-order valence-electron chi connectivity index (χ1n) is 20.5. The second-order valence-electron chi connectivity index (χ2n) is 15.8. The maximum absolute atomic E-state index is 12.1. The first kappa shape index (κ1) is 39.8. The van der Waals surface area contributed by atoms with Gasteiger partial charge >= 0.3 is 7.82 Å². The molecule has 4 rings (SSSR count). The smallest absolute Gasteiger partial charge is 0.379 e. The van der Waals surface area contributed by atoms with Crippen LogP contribution in [0.4, 0.5) is 0 Å². The van der Waals surface area contributed by atoms with Crippen molar-refractivity contribution < 1.29 is 28.0 Å². The highest BCUT2D eigenvalue weighted by atomic mass is 31.2. The summed E-state index contributed by atoms with van der Waals surface area (Å²) >= 11 is 0. The molecule has 8 heteroatoms. The zero-order chi connectivity index (χ0) is 33.2. The highest BCUT2D eigenvalue weighted by molar-refractivity contribution is 7.47. The zero-order valence-corrected chi connectivity index (χ0v) is 31.2. The average Bonchev–Trinajstić information content (AvgIpc) is 3.06. The number of fused-ring (bicyclic) bond motifs is 7. The highest BCUT2D eigenvalue weighted by Gasteiger charge is 2.68. The molecule has 4 saturated carbocycles. The molecule has 0 saturated heterocycles. The van der Waals surface area contributed by atoms with E-state index in [0.717, 1.165) is 42.9 Å². The maximum atomic E-state index is 12.1. The van der Waals surface area contributed by atoms with Crippen LogP contribution in [0.2, 0.25) is 0 Å². The monoisotopic (exact) mass is 684 g/mol. The Morgan fingerprint density at radius 3 is 1.79 bits per heavy atom. The van der Waals surface area contributed by atoms with Gasteiger partial charge in [-0.3, -0.25) is 9.05 Å². The van der Waals surface area contributed by atoms with Crippen LogP contribution in [0.25, 0.3) is 0 Å². The van der Waals surface area contributed by atoms with Gasteiger partial charge in [0.2, 0.25) is 0 Å². The van der Waals surface area contributed by atoms with Crippen LogP contribution in [0.5, 0.6) is 0 Å². The minimum Gasteiger partial charge on any atom is -0.379 e. The predicted molar refractivity (Wildman–Crippen MR) is 192 cm³/mol. The Morgan fingerprint density at radius 1 is 0.638 bits per heavy atom. The van der Waals surface area contributed by atoms with E-state index in [1.54, 1.807) is 25.7 Å². The van der Waals surface area contributed by atoms with Crippen LogP contribution < -0.4 is 5.73 Å². The van der Waals surface area contributed by atoms with Gasteiger partial charge in [0, 0.05) is 19.8 Å². The molecule has 0 aliphatic heterocycles. The van der Waals surface area contributed by atoms with Crippen molar-refractivity contribution in [2.75, 3.05) is 39.6 Å². The highest BCUT2D eigenvalue weighted by Crippen LogP contribution is 2.74. The van der Waals surface area contributed by atoms with Crippen LogP contribution in [0, 0.1) is 41.4 Å². The first-order valence-corrected chi connectivity index (χ1v) is 22.0. The van der Waals surface area contributed by atoms with E-state index in [0.29, 0.717) is 19.8 Å². The SMILES string of the molecule is CCCCCCCCCCCCCCOC[C@H](COP(=O)(O)OCCN)OCCCCCCCCC1CCC2C(C1)C1C3CCC3C21. The predicted octanol–water partition coefficient (Wildman–Crippen LogP) is 10.2. The van der Waals surface area contributed by atoms with Crippen molar-refractivity contribution >= 4 is 7.82 Å². The second-order valence-corrected chi connectivity index (χ2v) is 17.3. The van der Waals surface area contributed by atoms with Crippen molar-refractivity contribution in [3.8, 4) is 0 Å². The van der Waals surface area contributed by atoms with Crippen LogP contribution >= 0.6 is 7.82 Å². The summed E-state index contributed by atoms with van der Waals surface area (Å²) in [6.45, 7) is 4.06. The van der Waals surface area contributed by atoms with Gasteiger partial charge < -0.3 is 20.1 Å². The average molecular weight is 684 g/mol. The summed E-state index contributed by atoms with van der Waals surface area (Å²) in [5.41, 5.74) is 5.40. The molecule has 0 aromatic rings. The van der Waals surface area contributed by atoms with E-state index in [2.05, 4.69) is 6.92 Å². The lowest BCUT2D eigenvalue weighted by atomic mass is 9.30. The number of unbranched alkanes of at least 4 members (excludes halogenated alkanes) is 16. The minimum atomic E-state index is -4.13. The lowest BCUT2D eigenvalue weighted by Gasteiger charge is -2.74. The van der Waals surface area contributed by atoms with Gasteiger partial charge in [0.25, 0.3) is 0 Å². The molecule has 0 spiro atoms. The molecule has 0 bridgehead atoms. The van der Waals surface area contributed by atoms with Gasteiger partial charge in [-0.1, -0.05) is 122 Å². The van der Waals surface area contributed by atoms with Crippen molar-refractivity contribution in [1.82, 2.24) is 0 Å². The van der Waals surface area contributed by atoms with Gasteiger partial charge in [-0.25, -0.2) is 4.57 Å². The molecule has 0 radical (unpaired) electrons. The van der Waals surface area contributed by atoms with Gasteiger partial charge in [0.15, 0.2) is 0 Å². The van der Waals surface area contributed by atoms with Crippen LogP contribution in [0.3, 0.4) is 0 Å². The molecular weight excluding hydrogens is 609 g/mol. The Balaban J connectivity index is 0.969. The van der Waals surface area contributed by atoms with Gasteiger partial charge in [-0.15, -0.1) is 0 Å². The lowest BCUT2D eigenvalue weighted by Crippen LogP contribution is -2.69. The molecule has 0 aromatic heterocycles. The number of hydrogen-bond donors (Lipinski definition) is 2. The molecular formula is C39H74NO6P. The van der Waals surface area contributed by atoms with Crippen LogP contribution in [-0.2, 0) is 23.1 Å². The van der Waals surface area contributed by atoms with Gasteiger partial charge in [-0.05, 0) is 80.0 Å². The largest absolute Gasteiger partial charge is 0.472 e. The van der Waals surface area contributed by atoms with Crippen LogP contribution in [0.1, 0.15) is 161 Å². The van der Waals surface area contributed by atoms with E-state index in [1.807, 2.05) is 0 Å². The third kappa shape index (κ3) is 13.6. The summed E-state index contributed by atoms with van der Waals surface area (Å²) in [6.07, 6.45) is 32.1. The van der Waals surface area contributed by atoms with Gasteiger partial charge in [0.05, 0.1) is 19.8 Å². The third-order valence-corrected chi connectivity index (χ3v) is 13.5. The number of rotatable bonds is 31. The van der Waals surface area contributed by atoms with Crippen molar-refractivity contribution in [2.24, 2.45) is 47.2 Å². The fraction of sp³-hybridized carbons (Fsp3) is 1.00. The molecule has 3 N–H and O–H groups in total. The van der Waals surface area contributed by atoms with Gasteiger partial charge in [0.1, 0.15) is 6.10 Å². The quantitative estimate of drug-likeness (QED) is 0.0554. The molecule has 4 aliphatic carbocycles. The van der Waals surface area contributed by atoms with Crippen molar-refractivity contribution in [1.29, 1.82) is 0 Å². The molecule has 7 nitrogen and oxygen atoms in total. The summed E-state index contributed by atoms with van der Waals surface area (Å²) in [7, 11) is -4.13. The van der Waals surface area contributed by atoms with Crippen LogP contribution in [-0.4, -0.2) is 50.6 Å². The fourth-order valence-electron chi connectivity index (χ4n) is 9.77. The molecule has 4 fully saturated rings. The van der Waals surface area contributed by atoms with E-state index in [-0.39, 0.29) is 25.9 Å². The molecule has 47 heavy (non-hydrogen) atoms. The summed E-state index contributed by atoms with van der Waals surface area (Å²) < 4.78 is 34.2. The summed E-state index contributed by atoms with van der Waals surface area (Å²) in [4.78, 5) is 9.92. The van der Waals surface area contributed by atoms with E-state index in [9.17, 15) is 9.46 Å². The van der Waals surface area contributed by atoms with E-state index in [4.69, 9.17) is 24.3 Å². The van der Waals surface area contributed by atoms with E-state index >= 15 is 0 Å². The Kier molecular flexibility index (Phi) is 19.2. The van der Waals surface area contributed by atoms with E-state index in [1.165, 1.54) is 127 Å². The minimum absolute atomic E-state index is 0.0158. The van der Waals surface area contributed by atoms with Crippen molar-refractivity contribution in [3.63, 3.8) is 0 Å². The van der Waals surface area contributed by atoms with Crippen LogP contribution in [0.15, 0.2) is 0 Å². The number of ether oxygens (including phenoxy) is 2. The molecule has 276 valence electrons. The number of nitrogens with two attached hydrogens (primary N) is 1. The standard InChI is InChI=1S/C39H74NO6P/c1-2-3-4-5-6-7-8-9-10-12-15-18-26-43-30-33(31-46-47(41,42)45-28-25-40)44-27-19-16-13-11-14-17-20-32-21-22-36-37(29-32)39-35-24-23-34(35)38(36)39/h32-39H,2-31,40H2,1H3,(H,41,42)/t32?,33-,34?,35?,36?,37?,38?,39?/m1/s1. The Hall–Kier alpha value is -0.0100. The summed E-state index contributed by atoms with van der Waals surface area (Å²) in [6, 6.07) is 0.